The molecule has 0 radical (unpaired) electrons. The molecule has 1 atom stereocenters. The van der Waals surface area contributed by atoms with Gasteiger partial charge >= 0.3 is 12.1 Å². The Morgan fingerprint density at radius 1 is 1.33 bits per heavy atom. The molecule has 0 aliphatic carbocycles. The zero-order chi connectivity index (χ0) is 17.7. The predicted molar refractivity (Wildman–Crippen MR) is 87.0 cm³/mol. The van der Waals surface area contributed by atoms with Crippen LogP contribution in [0.1, 0.15) is 44.0 Å². The average Bonchev–Trinajstić information content (AvgIpc) is 2.99. The first-order valence-electron chi connectivity index (χ1n) is 7.97. The van der Waals surface area contributed by atoms with Crippen molar-refractivity contribution in [3.05, 3.63) is 23.9 Å². The van der Waals surface area contributed by atoms with E-state index in [4.69, 9.17) is 9.47 Å². The highest BCUT2D eigenvalue weighted by atomic mass is 16.6. The van der Waals surface area contributed by atoms with Gasteiger partial charge in [-0.25, -0.2) is 14.6 Å². The van der Waals surface area contributed by atoms with Crippen LogP contribution in [0.4, 0.5) is 4.79 Å². The number of hydrogen-bond donors (Lipinski definition) is 0. The maximum Gasteiger partial charge on any atom is 0.410 e. The zero-order valence-corrected chi connectivity index (χ0v) is 14.6. The fraction of sp³-hybridized carbons (Fsp3) is 0.588. The summed E-state index contributed by atoms with van der Waals surface area (Å²) in [7, 11) is 1.32. The first kappa shape index (κ1) is 18.0. The highest BCUT2D eigenvalue weighted by Crippen LogP contribution is 2.21. The van der Waals surface area contributed by atoms with Crippen molar-refractivity contribution in [1.29, 1.82) is 0 Å². The van der Waals surface area contributed by atoms with Crippen LogP contribution in [-0.2, 0) is 9.47 Å². The molecule has 1 amide bonds. The molecule has 2 heterocycles. The van der Waals surface area contributed by atoms with E-state index >= 15 is 0 Å². The summed E-state index contributed by atoms with van der Waals surface area (Å²) in [5.41, 5.74) is -0.155. The van der Waals surface area contributed by atoms with Gasteiger partial charge in [0.25, 0.3) is 0 Å². The topological polar surface area (TPSA) is 78.0 Å². The van der Waals surface area contributed by atoms with E-state index in [0.717, 1.165) is 12.8 Å². The number of methoxy groups -OCH3 is 1. The summed E-state index contributed by atoms with van der Waals surface area (Å²) in [5, 5.41) is 0. The molecule has 1 saturated heterocycles. The van der Waals surface area contributed by atoms with Crippen LogP contribution < -0.4 is 4.74 Å². The minimum atomic E-state index is -0.518. The van der Waals surface area contributed by atoms with Crippen molar-refractivity contribution in [2.75, 3.05) is 20.3 Å². The Hall–Kier alpha value is -2.31. The van der Waals surface area contributed by atoms with Gasteiger partial charge in [0.2, 0.25) is 5.88 Å². The number of likely N-dealkylation sites (tertiary alicyclic amines) is 1. The van der Waals surface area contributed by atoms with Crippen LogP contribution in [0.5, 0.6) is 5.88 Å². The number of aromatic nitrogens is 1. The number of rotatable bonds is 4. The molecule has 0 aromatic carbocycles. The van der Waals surface area contributed by atoms with Crippen molar-refractivity contribution in [2.45, 2.75) is 45.3 Å². The summed E-state index contributed by atoms with van der Waals surface area (Å²) < 4.78 is 15.7. The quantitative estimate of drug-likeness (QED) is 0.787. The lowest BCUT2D eigenvalue weighted by Gasteiger charge is -2.28. The fourth-order valence-corrected chi connectivity index (χ4v) is 2.46. The molecule has 1 aromatic heterocycles. The molecule has 1 aliphatic rings. The van der Waals surface area contributed by atoms with Gasteiger partial charge in [-0.2, -0.15) is 0 Å². The summed E-state index contributed by atoms with van der Waals surface area (Å²) in [6, 6.07) is 3.16. The van der Waals surface area contributed by atoms with Crippen molar-refractivity contribution < 1.29 is 23.8 Å². The van der Waals surface area contributed by atoms with Crippen molar-refractivity contribution in [3.63, 3.8) is 0 Å². The van der Waals surface area contributed by atoms with Gasteiger partial charge in [0.05, 0.1) is 18.7 Å². The van der Waals surface area contributed by atoms with Crippen LogP contribution in [0.3, 0.4) is 0 Å². The van der Waals surface area contributed by atoms with E-state index < -0.39 is 11.6 Å². The Kier molecular flexibility index (Phi) is 5.64. The van der Waals surface area contributed by atoms with E-state index in [-0.39, 0.29) is 12.1 Å². The Labute approximate surface area is 141 Å². The molecule has 1 unspecified atom stereocenters. The van der Waals surface area contributed by atoms with Gasteiger partial charge in [0.15, 0.2) is 0 Å². The minimum Gasteiger partial charge on any atom is -0.475 e. The molecule has 132 valence electrons. The number of hydrogen-bond acceptors (Lipinski definition) is 6. The predicted octanol–water partition coefficient (Wildman–Crippen LogP) is 2.65. The number of nitrogens with zero attached hydrogens (tertiary/aromatic N) is 2. The van der Waals surface area contributed by atoms with E-state index in [0.29, 0.717) is 24.6 Å². The zero-order valence-electron chi connectivity index (χ0n) is 14.6. The number of carbonyl (C=O) groups excluding carboxylic acids is 2. The molecule has 0 N–H and O–H groups in total. The molecule has 7 heteroatoms. The molecule has 1 aromatic rings. The van der Waals surface area contributed by atoms with Crippen molar-refractivity contribution >= 4 is 12.1 Å². The standard InChI is InChI=1S/C17H24N2O5/c1-17(2,3)24-16(21)19-9-5-6-13(19)11-23-14-8-7-12(10-18-14)15(20)22-4/h7-8,10,13H,5-6,9,11H2,1-4H3. The number of esters is 1. The van der Waals surface area contributed by atoms with Gasteiger partial charge in [0, 0.05) is 18.8 Å². The van der Waals surface area contributed by atoms with Crippen LogP contribution in [0.15, 0.2) is 18.3 Å². The first-order chi connectivity index (χ1) is 11.3. The Morgan fingerprint density at radius 2 is 2.08 bits per heavy atom. The first-order valence-corrected chi connectivity index (χ1v) is 7.97. The Balaban J connectivity index is 1.91. The second kappa shape index (κ2) is 7.51. The molecular weight excluding hydrogens is 312 g/mol. The maximum atomic E-state index is 12.2. The van der Waals surface area contributed by atoms with E-state index in [1.807, 2.05) is 20.8 Å². The SMILES string of the molecule is COC(=O)c1ccc(OCC2CCCN2C(=O)OC(C)(C)C)nc1. The third-order valence-corrected chi connectivity index (χ3v) is 3.59. The summed E-state index contributed by atoms with van der Waals surface area (Å²) in [6.45, 7) is 6.54. The van der Waals surface area contributed by atoms with Gasteiger partial charge in [-0.3, -0.25) is 0 Å². The molecule has 7 nitrogen and oxygen atoms in total. The Bertz CT molecular complexity index is 580. The smallest absolute Gasteiger partial charge is 0.410 e. The number of ether oxygens (including phenoxy) is 3. The van der Waals surface area contributed by atoms with E-state index in [1.54, 1.807) is 17.0 Å². The van der Waals surface area contributed by atoms with E-state index in [9.17, 15) is 9.59 Å². The second-order valence-electron chi connectivity index (χ2n) is 6.66. The average molecular weight is 336 g/mol. The number of pyridine rings is 1. The lowest BCUT2D eigenvalue weighted by atomic mass is 10.2. The largest absolute Gasteiger partial charge is 0.475 e. The van der Waals surface area contributed by atoms with Crippen LogP contribution >= 0.6 is 0 Å². The summed E-state index contributed by atoms with van der Waals surface area (Å²) in [4.78, 5) is 29.4. The van der Waals surface area contributed by atoms with Crippen molar-refractivity contribution in [3.8, 4) is 5.88 Å². The normalized spacial score (nSPS) is 17.5. The summed E-state index contributed by atoms with van der Waals surface area (Å²) >= 11 is 0. The fourth-order valence-electron chi connectivity index (χ4n) is 2.46. The lowest BCUT2D eigenvalue weighted by molar-refractivity contribution is 0.0185. The number of carbonyl (C=O) groups is 2. The van der Waals surface area contributed by atoms with Gasteiger partial charge in [0.1, 0.15) is 12.2 Å². The molecule has 2 rings (SSSR count). The van der Waals surface area contributed by atoms with Crippen LogP contribution in [0.2, 0.25) is 0 Å². The van der Waals surface area contributed by atoms with Crippen LogP contribution in [0, 0.1) is 0 Å². The molecule has 1 aliphatic heterocycles. The van der Waals surface area contributed by atoms with Crippen LogP contribution in [0.25, 0.3) is 0 Å². The molecular formula is C17H24N2O5. The van der Waals surface area contributed by atoms with Gasteiger partial charge < -0.3 is 19.1 Å². The van der Waals surface area contributed by atoms with Gasteiger partial charge in [-0.1, -0.05) is 0 Å². The van der Waals surface area contributed by atoms with Gasteiger partial charge in [-0.15, -0.1) is 0 Å². The van der Waals surface area contributed by atoms with Gasteiger partial charge in [-0.05, 0) is 39.7 Å². The summed E-state index contributed by atoms with van der Waals surface area (Å²) in [5.74, 6) is -0.0420. The lowest BCUT2D eigenvalue weighted by Crippen LogP contribution is -2.42. The molecule has 0 saturated carbocycles. The summed E-state index contributed by atoms with van der Waals surface area (Å²) in [6.07, 6.45) is 2.87. The van der Waals surface area contributed by atoms with Crippen molar-refractivity contribution in [2.24, 2.45) is 0 Å². The maximum absolute atomic E-state index is 12.2. The van der Waals surface area contributed by atoms with Crippen LogP contribution in [-0.4, -0.2) is 53.9 Å². The minimum absolute atomic E-state index is 0.0399. The Morgan fingerprint density at radius 3 is 2.67 bits per heavy atom. The highest BCUT2D eigenvalue weighted by molar-refractivity contribution is 5.88. The molecule has 24 heavy (non-hydrogen) atoms. The molecule has 0 bridgehead atoms. The highest BCUT2D eigenvalue weighted by Gasteiger charge is 2.32. The third-order valence-electron chi connectivity index (χ3n) is 3.59. The second-order valence-corrected chi connectivity index (χ2v) is 6.66. The monoisotopic (exact) mass is 336 g/mol. The molecule has 0 spiro atoms. The number of amides is 1. The van der Waals surface area contributed by atoms with Crippen molar-refractivity contribution in [1.82, 2.24) is 9.88 Å². The van der Waals surface area contributed by atoms with E-state index in [2.05, 4.69) is 9.72 Å². The van der Waals surface area contributed by atoms with E-state index in [1.165, 1.54) is 13.3 Å². The molecule has 1 fully saturated rings. The third kappa shape index (κ3) is 4.84.